The summed E-state index contributed by atoms with van der Waals surface area (Å²) in [6, 6.07) is 16.6. The van der Waals surface area contributed by atoms with Gasteiger partial charge in [0.25, 0.3) is 11.8 Å². The van der Waals surface area contributed by atoms with Gasteiger partial charge in [0, 0.05) is 11.1 Å². The lowest BCUT2D eigenvalue weighted by Crippen LogP contribution is -2.48. The van der Waals surface area contributed by atoms with E-state index in [2.05, 4.69) is 27.4 Å². The minimum atomic E-state index is -3.21. The SMILES string of the molecule is CCCCCC(C(=O)NCNC(=O)c1ccc(-c2cc(OCC)cc(C(=O)NCO[PH](=O)O)c2)o1)C(CC)N(C=O)OCc1ccccc1. The van der Waals surface area contributed by atoms with E-state index >= 15 is 0 Å². The molecule has 0 saturated heterocycles. The Balaban J connectivity index is 1.66. The monoisotopic (exact) mass is 700 g/mol. The summed E-state index contributed by atoms with van der Waals surface area (Å²) in [7, 11) is -3.21. The van der Waals surface area contributed by atoms with Crippen LogP contribution < -0.4 is 20.7 Å². The molecule has 3 atom stereocenters. The number of amides is 4. The molecule has 4 amide bonds. The molecule has 0 saturated carbocycles. The number of rotatable bonds is 22. The van der Waals surface area contributed by atoms with Crippen molar-refractivity contribution in [2.45, 2.75) is 65.5 Å². The summed E-state index contributed by atoms with van der Waals surface area (Å²) >= 11 is 0. The van der Waals surface area contributed by atoms with E-state index in [1.165, 1.54) is 23.3 Å². The second kappa shape index (κ2) is 20.8. The number of carbonyl (C=O) groups is 4. The lowest BCUT2D eigenvalue weighted by Gasteiger charge is -2.32. The first-order valence-corrected chi connectivity index (χ1v) is 17.4. The van der Waals surface area contributed by atoms with Crippen molar-refractivity contribution in [3.05, 3.63) is 77.6 Å². The molecule has 0 spiro atoms. The van der Waals surface area contributed by atoms with E-state index in [1.54, 1.807) is 19.1 Å². The molecule has 0 bridgehead atoms. The van der Waals surface area contributed by atoms with E-state index in [4.69, 9.17) is 18.9 Å². The van der Waals surface area contributed by atoms with Gasteiger partial charge in [0.05, 0.1) is 25.2 Å². The Bertz CT molecular complexity index is 1530. The van der Waals surface area contributed by atoms with Gasteiger partial charge in [-0.2, -0.15) is 0 Å². The fraction of sp³-hybridized carbons (Fsp3) is 0.412. The van der Waals surface area contributed by atoms with Gasteiger partial charge in [0.1, 0.15) is 24.8 Å². The van der Waals surface area contributed by atoms with Crippen molar-refractivity contribution in [1.29, 1.82) is 0 Å². The third-order valence-electron chi connectivity index (χ3n) is 7.53. The third kappa shape index (κ3) is 12.5. The average molecular weight is 701 g/mol. The van der Waals surface area contributed by atoms with E-state index in [0.717, 1.165) is 24.8 Å². The largest absolute Gasteiger partial charge is 0.494 e. The number of hydrogen-bond donors (Lipinski definition) is 4. The van der Waals surface area contributed by atoms with Crippen LogP contribution in [0.1, 0.15) is 79.4 Å². The molecule has 3 aromatic rings. The van der Waals surface area contributed by atoms with Crippen molar-refractivity contribution in [3.8, 4) is 17.1 Å². The molecular weight excluding hydrogens is 655 g/mol. The Kier molecular flexibility index (Phi) is 16.5. The van der Waals surface area contributed by atoms with Crippen molar-refractivity contribution in [1.82, 2.24) is 21.0 Å². The van der Waals surface area contributed by atoms with Crippen molar-refractivity contribution >= 4 is 32.4 Å². The molecule has 0 aliphatic heterocycles. The minimum absolute atomic E-state index is 0.0362. The van der Waals surface area contributed by atoms with Crippen molar-refractivity contribution in [2.75, 3.05) is 20.0 Å². The lowest BCUT2D eigenvalue weighted by atomic mass is 9.90. The molecular formula is C34H45N4O10P. The zero-order chi connectivity index (χ0) is 35.6. The number of benzene rings is 2. The van der Waals surface area contributed by atoms with E-state index in [9.17, 15) is 23.7 Å². The number of nitrogens with one attached hydrogen (secondary N) is 3. The molecule has 266 valence electrons. The summed E-state index contributed by atoms with van der Waals surface area (Å²) in [5, 5.41) is 9.00. The highest BCUT2D eigenvalue weighted by molar-refractivity contribution is 7.32. The van der Waals surface area contributed by atoms with Crippen LogP contribution in [0.25, 0.3) is 11.3 Å². The zero-order valence-electron chi connectivity index (χ0n) is 27.9. The fourth-order valence-corrected chi connectivity index (χ4v) is 5.31. The van der Waals surface area contributed by atoms with E-state index in [1.807, 2.05) is 37.3 Å². The number of carbonyl (C=O) groups excluding carboxylic acids is 4. The summed E-state index contributed by atoms with van der Waals surface area (Å²) in [5.74, 6) is -1.47. The van der Waals surface area contributed by atoms with E-state index in [-0.39, 0.29) is 36.3 Å². The molecule has 3 unspecified atom stereocenters. The Morgan fingerprint density at radius 1 is 0.980 bits per heavy atom. The van der Waals surface area contributed by atoms with Gasteiger partial charge in [0.2, 0.25) is 12.3 Å². The summed E-state index contributed by atoms with van der Waals surface area (Å²) in [4.78, 5) is 65.7. The molecule has 0 aliphatic carbocycles. The van der Waals surface area contributed by atoms with Crippen LogP contribution in [0.15, 0.2) is 65.1 Å². The molecule has 3 rings (SSSR count). The molecule has 0 fully saturated rings. The fourth-order valence-electron chi connectivity index (χ4n) is 5.11. The van der Waals surface area contributed by atoms with Gasteiger partial charge in [-0.05, 0) is 55.7 Å². The van der Waals surface area contributed by atoms with Gasteiger partial charge in [-0.25, -0.2) is 5.06 Å². The topological polar surface area (TPSA) is 186 Å². The molecule has 0 aliphatic rings. The predicted octanol–water partition coefficient (Wildman–Crippen LogP) is 4.80. The van der Waals surface area contributed by atoms with Gasteiger partial charge < -0.3 is 30.0 Å². The van der Waals surface area contributed by atoms with Crippen molar-refractivity contribution in [3.63, 3.8) is 0 Å². The van der Waals surface area contributed by atoms with Crippen molar-refractivity contribution < 1.29 is 47.2 Å². The van der Waals surface area contributed by atoms with Crippen LogP contribution in [0.5, 0.6) is 5.75 Å². The normalized spacial score (nSPS) is 12.7. The maximum absolute atomic E-state index is 13.4. The summed E-state index contributed by atoms with van der Waals surface area (Å²) in [5.41, 5.74) is 1.50. The number of ether oxygens (including phenoxy) is 1. The molecule has 49 heavy (non-hydrogen) atoms. The molecule has 1 heterocycles. The van der Waals surface area contributed by atoms with Gasteiger partial charge in [-0.1, -0.05) is 63.4 Å². The van der Waals surface area contributed by atoms with Crippen LogP contribution >= 0.6 is 8.25 Å². The quantitative estimate of drug-likeness (QED) is 0.0373. The van der Waals surface area contributed by atoms with Crippen LogP contribution in [0.3, 0.4) is 0 Å². The number of hydroxylamine groups is 2. The van der Waals surface area contributed by atoms with E-state index in [0.29, 0.717) is 37.2 Å². The molecule has 1 aromatic heterocycles. The van der Waals surface area contributed by atoms with E-state index < -0.39 is 38.8 Å². The maximum Gasteiger partial charge on any atom is 0.318 e. The van der Waals surface area contributed by atoms with Crippen LogP contribution in [0.2, 0.25) is 0 Å². The van der Waals surface area contributed by atoms with Gasteiger partial charge in [0.15, 0.2) is 5.76 Å². The first-order chi connectivity index (χ1) is 23.7. The maximum atomic E-state index is 13.4. The first kappa shape index (κ1) is 39.0. The minimum Gasteiger partial charge on any atom is -0.494 e. The second-order valence-corrected chi connectivity index (χ2v) is 11.7. The van der Waals surface area contributed by atoms with Crippen molar-refractivity contribution in [2.24, 2.45) is 5.92 Å². The van der Waals surface area contributed by atoms with Crippen LogP contribution in [-0.2, 0) is 30.1 Å². The molecule has 4 N–H and O–H groups in total. The Labute approximate surface area is 286 Å². The van der Waals surface area contributed by atoms with Crippen LogP contribution in [-0.4, -0.2) is 60.1 Å². The standard InChI is InChI=1S/C34H45N4O10P/c1-4-7-9-14-28(29(5-2)38(23-39)46-20-24-12-10-8-11-13-24)33(41)35-21-36-34(42)31-16-15-30(48-31)25-17-26(19-27(18-25)45-6-3)32(40)37-22-47-49(43)44/h8,10-13,15-19,23,28-29,49H,4-7,9,14,20-22H2,1-3H3,(H,35,41)(H,36,42)(H,37,40)(H,43,44). The van der Waals surface area contributed by atoms with Crippen LogP contribution in [0.4, 0.5) is 0 Å². The first-order valence-electron chi connectivity index (χ1n) is 16.2. The lowest BCUT2D eigenvalue weighted by molar-refractivity contribution is -0.200. The zero-order valence-corrected chi connectivity index (χ0v) is 28.9. The highest BCUT2D eigenvalue weighted by Gasteiger charge is 2.32. The number of nitrogens with zero attached hydrogens (tertiary/aromatic N) is 1. The summed E-state index contributed by atoms with van der Waals surface area (Å²) < 4.78 is 26.7. The third-order valence-corrected chi connectivity index (χ3v) is 7.92. The average Bonchev–Trinajstić information content (AvgIpc) is 3.60. The summed E-state index contributed by atoms with van der Waals surface area (Å²) in [6.07, 6.45) is 4.27. The Morgan fingerprint density at radius 2 is 1.76 bits per heavy atom. The van der Waals surface area contributed by atoms with Gasteiger partial charge in [-0.15, -0.1) is 0 Å². The molecule has 2 aromatic carbocycles. The Morgan fingerprint density at radius 3 is 2.43 bits per heavy atom. The molecule has 14 nitrogen and oxygen atoms in total. The molecule has 15 heteroatoms. The van der Waals surface area contributed by atoms with Gasteiger partial charge in [-0.3, -0.25) is 33.1 Å². The Hall–Kier alpha value is -4.49. The second-order valence-electron chi connectivity index (χ2n) is 10.9. The predicted molar refractivity (Wildman–Crippen MR) is 181 cm³/mol. The smallest absolute Gasteiger partial charge is 0.318 e. The highest BCUT2D eigenvalue weighted by atomic mass is 31.1. The highest BCUT2D eigenvalue weighted by Crippen LogP contribution is 2.28. The number of unbranched alkanes of at least 4 members (excludes halogenated alkanes) is 2. The number of furan rings is 1. The van der Waals surface area contributed by atoms with Gasteiger partial charge >= 0.3 is 8.25 Å². The van der Waals surface area contributed by atoms with Crippen LogP contribution in [0, 0.1) is 5.92 Å². The molecule has 0 radical (unpaired) electrons. The number of hydrogen-bond acceptors (Lipinski definition) is 9. The summed E-state index contributed by atoms with van der Waals surface area (Å²) in [6.45, 7) is 5.58.